The molecule has 27 heavy (non-hydrogen) atoms. The molecular formula is C19H24N4O2S2. The van der Waals surface area contributed by atoms with Gasteiger partial charge in [0.2, 0.25) is 5.91 Å². The van der Waals surface area contributed by atoms with Crippen LogP contribution in [0.4, 0.5) is 0 Å². The van der Waals surface area contributed by atoms with Crippen molar-refractivity contribution in [3.63, 3.8) is 0 Å². The highest BCUT2D eigenvalue weighted by Gasteiger charge is 2.28. The van der Waals surface area contributed by atoms with Crippen molar-refractivity contribution < 1.29 is 4.79 Å². The molecule has 0 N–H and O–H groups in total. The Morgan fingerprint density at radius 1 is 1.44 bits per heavy atom. The molecule has 2 aromatic heterocycles. The van der Waals surface area contributed by atoms with Crippen LogP contribution < -0.4 is 5.56 Å². The predicted octanol–water partition coefficient (Wildman–Crippen LogP) is 3.21. The van der Waals surface area contributed by atoms with Crippen LogP contribution >= 0.6 is 23.1 Å². The zero-order valence-electron chi connectivity index (χ0n) is 16.2. The molecule has 0 bridgehead atoms. The number of thiophene rings is 1. The zero-order valence-corrected chi connectivity index (χ0v) is 17.8. The number of carbonyl (C=O) groups is 1. The molecule has 0 spiro atoms. The van der Waals surface area contributed by atoms with Crippen LogP contribution in [0.1, 0.15) is 44.1 Å². The van der Waals surface area contributed by atoms with Gasteiger partial charge in [-0.15, -0.1) is 11.3 Å². The molecule has 1 amide bonds. The molecule has 0 fully saturated rings. The van der Waals surface area contributed by atoms with Gasteiger partial charge in [-0.1, -0.05) is 18.7 Å². The first kappa shape index (κ1) is 19.9. The highest BCUT2D eigenvalue weighted by atomic mass is 32.2. The number of hydrogen-bond donors (Lipinski definition) is 0. The van der Waals surface area contributed by atoms with E-state index in [2.05, 4.69) is 6.07 Å². The summed E-state index contributed by atoms with van der Waals surface area (Å²) in [6, 6.07) is 2.13. The van der Waals surface area contributed by atoms with Crippen molar-refractivity contribution >= 4 is 39.2 Å². The Hall–Kier alpha value is -1.85. The minimum atomic E-state index is -0.868. The topological polar surface area (TPSA) is 79.0 Å². The van der Waals surface area contributed by atoms with Crippen LogP contribution in [0.25, 0.3) is 10.2 Å². The van der Waals surface area contributed by atoms with Crippen LogP contribution in [0.15, 0.2) is 9.95 Å². The van der Waals surface area contributed by atoms with Gasteiger partial charge in [-0.25, -0.2) is 4.98 Å². The van der Waals surface area contributed by atoms with Crippen molar-refractivity contribution in [1.29, 1.82) is 5.26 Å². The molecular weight excluding hydrogens is 380 g/mol. The summed E-state index contributed by atoms with van der Waals surface area (Å²) >= 11 is 2.89. The quantitative estimate of drug-likeness (QED) is 0.546. The van der Waals surface area contributed by atoms with Crippen molar-refractivity contribution in [3.8, 4) is 6.07 Å². The first-order chi connectivity index (χ1) is 12.8. The maximum absolute atomic E-state index is 13.1. The van der Waals surface area contributed by atoms with Crippen LogP contribution in [0.5, 0.6) is 0 Å². The third-order valence-electron chi connectivity index (χ3n) is 5.05. The average Bonchev–Trinajstić information content (AvgIpc) is 3.22. The number of nitrogens with zero attached hydrogens (tertiary/aromatic N) is 4. The number of nitriles is 1. The lowest BCUT2D eigenvalue weighted by Gasteiger charge is -2.29. The maximum atomic E-state index is 13.1. The normalized spacial score (nSPS) is 13.6. The van der Waals surface area contributed by atoms with E-state index in [4.69, 9.17) is 4.98 Å². The molecule has 0 saturated heterocycles. The summed E-state index contributed by atoms with van der Waals surface area (Å²) in [5, 5.41) is 10.6. The van der Waals surface area contributed by atoms with Gasteiger partial charge in [0.1, 0.15) is 10.4 Å². The Morgan fingerprint density at radius 2 is 2.19 bits per heavy atom. The number of fused-ring (bicyclic) bond motifs is 3. The number of rotatable bonds is 6. The SMILES string of the molecule is CCCn1c(SCC(=O)N(C)C(C)(C)C#N)nc2sc3c(c2c1=O)CCC3. The molecule has 0 radical (unpaired) electrons. The highest BCUT2D eigenvalue weighted by Crippen LogP contribution is 2.35. The van der Waals surface area contributed by atoms with E-state index in [-0.39, 0.29) is 17.2 Å². The second-order valence-electron chi connectivity index (χ2n) is 7.30. The van der Waals surface area contributed by atoms with Crippen molar-refractivity contribution in [2.45, 2.75) is 63.7 Å². The van der Waals surface area contributed by atoms with E-state index < -0.39 is 5.54 Å². The Bertz CT molecular complexity index is 984. The average molecular weight is 405 g/mol. The van der Waals surface area contributed by atoms with Gasteiger partial charge in [0.25, 0.3) is 5.56 Å². The van der Waals surface area contributed by atoms with Gasteiger partial charge in [0.05, 0.1) is 17.2 Å². The van der Waals surface area contributed by atoms with Gasteiger partial charge < -0.3 is 4.90 Å². The minimum Gasteiger partial charge on any atom is -0.327 e. The Morgan fingerprint density at radius 3 is 2.85 bits per heavy atom. The summed E-state index contributed by atoms with van der Waals surface area (Å²) in [6.45, 7) is 6.03. The van der Waals surface area contributed by atoms with Gasteiger partial charge in [-0.05, 0) is 45.1 Å². The summed E-state index contributed by atoms with van der Waals surface area (Å²) in [7, 11) is 1.63. The second kappa shape index (κ2) is 7.64. The summed E-state index contributed by atoms with van der Waals surface area (Å²) < 4.78 is 1.71. The molecule has 144 valence electrons. The Balaban J connectivity index is 1.92. The predicted molar refractivity (Wildman–Crippen MR) is 109 cm³/mol. The van der Waals surface area contributed by atoms with Crippen LogP contribution in [0.2, 0.25) is 0 Å². The third-order valence-corrected chi connectivity index (χ3v) is 7.19. The fourth-order valence-corrected chi connectivity index (χ4v) is 5.44. The third kappa shape index (κ3) is 3.63. The van der Waals surface area contributed by atoms with E-state index >= 15 is 0 Å². The van der Waals surface area contributed by atoms with E-state index in [1.807, 2.05) is 6.92 Å². The Labute approximate surface area is 167 Å². The molecule has 1 aliphatic rings. The molecule has 0 unspecified atom stereocenters. The van der Waals surface area contributed by atoms with Gasteiger partial charge in [-0.2, -0.15) is 5.26 Å². The van der Waals surface area contributed by atoms with Gasteiger partial charge in [0.15, 0.2) is 5.16 Å². The van der Waals surface area contributed by atoms with E-state index in [1.54, 1.807) is 36.8 Å². The first-order valence-corrected chi connectivity index (χ1v) is 11.0. The highest BCUT2D eigenvalue weighted by molar-refractivity contribution is 7.99. The van der Waals surface area contributed by atoms with Crippen molar-refractivity contribution in [2.75, 3.05) is 12.8 Å². The number of amides is 1. The van der Waals surface area contributed by atoms with Gasteiger partial charge >= 0.3 is 0 Å². The summed E-state index contributed by atoms with van der Waals surface area (Å²) in [5.41, 5.74) is 0.328. The fraction of sp³-hybridized carbons (Fsp3) is 0.579. The molecule has 8 heteroatoms. The minimum absolute atomic E-state index is 0.0157. The van der Waals surface area contributed by atoms with E-state index in [0.717, 1.165) is 35.9 Å². The van der Waals surface area contributed by atoms with Crippen LogP contribution in [-0.2, 0) is 24.2 Å². The van der Waals surface area contributed by atoms with Crippen LogP contribution in [0.3, 0.4) is 0 Å². The van der Waals surface area contributed by atoms with Crippen molar-refractivity contribution in [2.24, 2.45) is 0 Å². The Kier molecular flexibility index (Phi) is 5.63. The van der Waals surface area contributed by atoms with Gasteiger partial charge in [0, 0.05) is 18.5 Å². The lowest BCUT2D eigenvalue weighted by atomic mass is 10.1. The largest absolute Gasteiger partial charge is 0.327 e. The number of thioether (sulfide) groups is 1. The smallest absolute Gasteiger partial charge is 0.263 e. The molecule has 3 rings (SSSR count). The number of hydrogen-bond acceptors (Lipinski definition) is 6. The lowest BCUT2D eigenvalue weighted by Crippen LogP contribution is -2.44. The fourth-order valence-electron chi connectivity index (χ4n) is 3.20. The molecule has 0 aliphatic heterocycles. The van der Waals surface area contributed by atoms with Crippen LogP contribution in [-0.4, -0.2) is 38.7 Å². The standard InChI is InChI=1S/C19H24N4O2S2/c1-5-9-23-17(25)15-12-7-6-8-13(12)27-16(15)21-18(23)26-10-14(24)22(4)19(2,3)11-20/h5-10H2,1-4H3. The molecule has 6 nitrogen and oxygen atoms in total. The molecule has 2 heterocycles. The van der Waals surface area contributed by atoms with E-state index in [0.29, 0.717) is 11.7 Å². The van der Waals surface area contributed by atoms with E-state index in [9.17, 15) is 14.9 Å². The van der Waals surface area contributed by atoms with Crippen molar-refractivity contribution in [1.82, 2.24) is 14.5 Å². The molecule has 2 aromatic rings. The van der Waals surface area contributed by atoms with Crippen molar-refractivity contribution in [3.05, 3.63) is 20.8 Å². The summed E-state index contributed by atoms with van der Waals surface area (Å²) in [6.07, 6.45) is 3.91. The number of carbonyl (C=O) groups excluding carboxylic acids is 1. The molecule has 0 saturated carbocycles. The molecule has 0 aromatic carbocycles. The molecule has 0 atom stereocenters. The monoisotopic (exact) mass is 404 g/mol. The van der Waals surface area contributed by atoms with E-state index in [1.165, 1.54) is 27.1 Å². The second-order valence-corrected chi connectivity index (χ2v) is 9.33. The van der Waals surface area contributed by atoms with Crippen LogP contribution in [0, 0.1) is 11.3 Å². The lowest BCUT2D eigenvalue weighted by molar-refractivity contribution is -0.130. The maximum Gasteiger partial charge on any atom is 0.263 e. The first-order valence-electron chi connectivity index (χ1n) is 9.16. The number of aryl methyl sites for hydroxylation is 2. The molecule has 1 aliphatic carbocycles. The van der Waals surface area contributed by atoms with Gasteiger partial charge in [-0.3, -0.25) is 14.2 Å². The zero-order chi connectivity index (χ0) is 19.8. The summed E-state index contributed by atoms with van der Waals surface area (Å²) in [4.78, 5) is 33.9. The summed E-state index contributed by atoms with van der Waals surface area (Å²) in [5.74, 6) is -0.00780. The number of aromatic nitrogens is 2.